The van der Waals surface area contributed by atoms with Gasteiger partial charge in [0.25, 0.3) is 0 Å². The van der Waals surface area contributed by atoms with Crippen molar-refractivity contribution < 1.29 is 14.3 Å². The molecule has 0 aliphatic carbocycles. The van der Waals surface area contributed by atoms with E-state index in [9.17, 15) is 5.11 Å². The summed E-state index contributed by atoms with van der Waals surface area (Å²) in [5, 5.41) is 11.6. The van der Waals surface area contributed by atoms with E-state index in [4.69, 9.17) is 9.15 Å². The molecule has 1 unspecified atom stereocenters. The van der Waals surface area contributed by atoms with Crippen LogP contribution in [0.1, 0.15) is 23.0 Å². The highest BCUT2D eigenvalue weighted by Crippen LogP contribution is 2.34. The second-order valence-corrected chi connectivity index (χ2v) is 5.89. The van der Waals surface area contributed by atoms with E-state index in [1.54, 1.807) is 7.11 Å². The van der Waals surface area contributed by atoms with Gasteiger partial charge in [0.1, 0.15) is 23.2 Å². The molecule has 21 heavy (non-hydrogen) atoms. The van der Waals surface area contributed by atoms with Gasteiger partial charge in [0.05, 0.1) is 7.11 Å². The van der Waals surface area contributed by atoms with Crippen molar-refractivity contribution in [3.8, 4) is 5.75 Å². The van der Waals surface area contributed by atoms with Crippen LogP contribution in [0.3, 0.4) is 0 Å². The highest BCUT2D eigenvalue weighted by Gasteiger charge is 2.20. The van der Waals surface area contributed by atoms with Gasteiger partial charge in [-0.1, -0.05) is 27.6 Å². The molecule has 0 bridgehead atoms. The van der Waals surface area contributed by atoms with Gasteiger partial charge in [-0.2, -0.15) is 0 Å². The van der Waals surface area contributed by atoms with Crippen LogP contribution in [0, 0.1) is 6.92 Å². The van der Waals surface area contributed by atoms with Gasteiger partial charge in [-0.15, -0.1) is 0 Å². The summed E-state index contributed by atoms with van der Waals surface area (Å²) in [4.78, 5) is 0. The predicted octanol–water partition coefficient (Wildman–Crippen LogP) is 4.59. The first-order valence-corrected chi connectivity index (χ1v) is 7.39. The topological polar surface area (TPSA) is 42.6 Å². The van der Waals surface area contributed by atoms with E-state index in [1.807, 2.05) is 49.4 Å². The lowest BCUT2D eigenvalue weighted by molar-refractivity contribution is 0.187. The Balaban J connectivity index is 2.07. The Kier molecular flexibility index (Phi) is 3.74. The third-order valence-electron chi connectivity index (χ3n) is 3.45. The minimum Gasteiger partial charge on any atom is -0.496 e. The first-order valence-electron chi connectivity index (χ1n) is 6.60. The normalized spacial score (nSPS) is 12.6. The number of hydrogen-bond donors (Lipinski definition) is 1. The highest BCUT2D eigenvalue weighted by atomic mass is 79.9. The van der Waals surface area contributed by atoms with Crippen LogP contribution in [0.2, 0.25) is 0 Å². The van der Waals surface area contributed by atoms with Crippen molar-refractivity contribution in [3.05, 3.63) is 63.8 Å². The van der Waals surface area contributed by atoms with Crippen LogP contribution >= 0.6 is 15.9 Å². The summed E-state index contributed by atoms with van der Waals surface area (Å²) >= 11 is 3.41. The Hall–Kier alpha value is -1.78. The third-order valence-corrected chi connectivity index (χ3v) is 3.94. The van der Waals surface area contributed by atoms with Crippen LogP contribution in [-0.4, -0.2) is 12.2 Å². The van der Waals surface area contributed by atoms with Gasteiger partial charge < -0.3 is 14.3 Å². The minimum absolute atomic E-state index is 0.506. The number of hydrogen-bond acceptors (Lipinski definition) is 3. The maximum atomic E-state index is 10.6. The van der Waals surface area contributed by atoms with Crippen LogP contribution in [0.4, 0.5) is 0 Å². The fraction of sp³-hybridized carbons (Fsp3) is 0.176. The van der Waals surface area contributed by atoms with Crippen molar-refractivity contribution in [2.75, 3.05) is 7.11 Å². The molecule has 0 radical (unpaired) electrons. The fourth-order valence-electron chi connectivity index (χ4n) is 2.39. The van der Waals surface area contributed by atoms with E-state index >= 15 is 0 Å². The number of benzene rings is 2. The molecule has 0 saturated heterocycles. The largest absolute Gasteiger partial charge is 0.496 e. The maximum absolute atomic E-state index is 10.6. The van der Waals surface area contributed by atoms with Crippen LogP contribution in [-0.2, 0) is 0 Å². The summed E-state index contributed by atoms with van der Waals surface area (Å²) in [6.07, 6.45) is -0.870. The van der Waals surface area contributed by atoms with Crippen LogP contribution < -0.4 is 4.74 Å². The molecule has 108 valence electrons. The Morgan fingerprint density at radius 1 is 1.14 bits per heavy atom. The number of aliphatic hydroxyl groups is 1. The predicted molar refractivity (Wildman–Crippen MR) is 85.7 cm³/mol. The van der Waals surface area contributed by atoms with Crippen LogP contribution in [0.25, 0.3) is 11.0 Å². The first kappa shape index (κ1) is 14.2. The summed E-state index contributed by atoms with van der Waals surface area (Å²) in [6.45, 7) is 2.03. The number of ether oxygens (including phenoxy) is 1. The Morgan fingerprint density at radius 2 is 1.95 bits per heavy atom. The molecule has 1 N–H and O–H groups in total. The quantitative estimate of drug-likeness (QED) is 0.753. The van der Waals surface area contributed by atoms with Crippen molar-refractivity contribution in [2.24, 2.45) is 0 Å². The number of halogens is 1. The molecule has 3 aromatic rings. The zero-order valence-electron chi connectivity index (χ0n) is 11.8. The molecule has 1 heterocycles. The monoisotopic (exact) mass is 346 g/mol. The summed E-state index contributed by atoms with van der Waals surface area (Å²) in [7, 11) is 1.58. The van der Waals surface area contributed by atoms with E-state index in [0.717, 1.165) is 21.0 Å². The Labute approximate surface area is 131 Å². The van der Waals surface area contributed by atoms with Gasteiger partial charge in [0.2, 0.25) is 0 Å². The van der Waals surface area contributed by atoms with Crippen LogP contribution in [0.15, 0.2) is 51.4 Å². The van der Waals surface area contributed by atoms with Gasteiger partial charge in [-0.25, -0.2) is 0 Å². The summed E-state index contributed by atoms with van der Waals surface area (Å²) in [5.74, 6) is 1.13. The zero-order chi connectivity index (χ0) is 15.0. The van der Waals surface area contributed by atoms with Gasteiger partial charge in [0, 0.05) is 15.4 Å². The van der Waals surface area contributed by atoms with E-state index < -0.39 is 6.10 Å². The fourth-order valence-corrected chi connectivity index (χ4v) is 2.77. The van der Waals surface area contributed by atoms with Crippen molar-refractivity contribution in [1.82, 2.24) is 0 Å². The molecule has 1 aromatic heterocycles. The number of rotatable bonds is 3. The van der Waals surface area contributed by atoms with Gasteiger partial charge >= 0.3 is 0 Å². The second kappa shape index (κ2) is 5.54. The summed E-state index contributed by atoms with van der Waals surface area (Å²) in [5.41, 5.74) is 2.59. The molecular formula is C17H15BrO3. The molecule has 0 spiro atoms. The molecule has 0 aliphatic heterocycles. The molecule has 0 aliphatic rings. The van der Waals surface area contributed by atoms with Crippen LogP contribution in [0.5, 0.6) is 5.75 Å². The average Bonchev–Trinajstić information content (AvgIpc) is 2.89. The Bertz CT molecular complexity index is 792. The maximum Gasteiger partial charge on any atom is 0.140 e. The smallest absolute Gasteiger partial charge is 0.140 e. The number of aryl methyl sites for hydroxylation is 1. The second-order valence-electron chi connectivity index (χ2n) is 4.98. The minimum atomic E-state index is -0.870. The molecule has 1 atom stereocenters. The van der Waals surface area contributed by atoms with Gasteiger partial charge in [0.15, 0.2) is 0 Å². The van der Waals surface area contributed by atoms with Gasteiger partial charge in [-0.05, 0) is 43.3 Å². The molecule has 2 aromatic carbocycles. The number of aliphatic hydroxyl groups excluding tert-OH is 1. The van der Waals surface area contributed by atoms with Gasteiger partial charge in [-0.3, -0.25) is 0 Å². The van der Waals surface area contributed by atoms with E-state index in [-0.39, 0.29) is 0 Å². The molecular weight excluding hydrogens is 332 g/mol. The van der Waals surface area contributed by atoms with Crippen molar-refractivity contribution in [2.45, 2.75) is 13.0 Å². The molecule has 3 nitrogen and oxygen atoms in total. The van der Waals surface area contributed by atoms with Crippen molar-refractivity contribution in [3.63, 3.8) is 0 Å². The molecule has 0 saturated carbocycles. The molecule has 0 fully saturated rings. The SMILES string of the molecule is COc1ccc(Br)cc1C(O)c1cc2cc(C)ccc2o1. The molecule has 0 amide bonds. The lowest BCUT2D eigenvalue weighted by Gasteiger charge is -2.13. The first-order chi connectivity index (χ1) is 10.1. The summed E-state index contributed by atoms with van der Waals surface area (Å²) in [6, 6.07) is 13.3. The highest BCUT2D eigenvalue weighted by molar-refractivity contribution is 9.10. The lowest BCUT2D eigenvalue weighted by Crippen LogP contribution is -2.01. The zero-order valence-corrected chi connectivity index (χ0v) is 13.3. The average molecular weight is 347 g/mol. The van der Waals surface area contributed by atoms with E-state index in [1.165, 1.54) is 0 Å². The molecule has 3 rings (SSSR count). The number of furan rings is 1. The van der Waals surface area contributed by atoms with Crippen molar-refractivity contribution in [1.29, 1.82) is 0 Å². The van der Waals surface area contributed by atoms with Crippen molar-refractivity contribution >= 4 is 26.9 Å². The lowest BCUT2D eigenvalue weighted by atomic mass is 10.1. The van der Waals surface area contributed by atoms with E-state index in [2.05, 4.69) is 15.9 Å². The third kappa shape index (κ3) is 2.69. The number of fused-ring (bicyclic) bond motifs is 1. The summed E-state index contributed by atoms with van der Waals surface area (Å²) < 4.78 is 12.0. The van der Waals surface area contributed by atoms with E-state index in [0.29, 0.717) is 17.1 Å². The number of methoxy groups -OCH3 is 1. The molecule has 4 heteroatoms. The Morgan fingerprint density at radius 3 is 2.71 bits per heavy atom. The standard InChI is InChI=1S/C17H15BrO3/c1-10-3-5-14-11(7-10)8-16(21-14)17(19)13-9-12(18)4-6-15(13)20-2/h3-9,17,19H,1-2H3.